The molecule has 3 rings (SSSR count). The van der Waals surface area contributed by atoms with E-state index in [0.29, 0.717) is 5.56 Å². The van der Waals surface area contributed by atoms with E-state index in [1.807, 2.05) is 47.8 Å². The molecule has 3 nitrogen and oxygen atoms in total. The van der Waals surface area contributed by atoms with Crippen molar-refractivity contribution in [1.82, 2.24) is 4.98 Å². The highest BCUT2D eigenvalue weighted by Crippen LogP contribution is 2.24. The van der Waals surface area contributed by atoms with Crippen LogP contribution in [0.1, 0.15) is 16.1 Å². The Kier molecular flexibility index (Phi) is 3.67. The molecule has 0 aliphatic rings. The summed E-state index contributed by atoms with van der Waals surface area (Å²) in [6.07, 6.45) is 0.795. The third-order valence-corrected chi connectivity index (χ3v) is 4.02. The molecule has 2 aromatic carbocycles. The smallest absolute Gasteiger partial charge is 0.0991 e. The van der Waals surface area contributed by atoms with Crippen molar-refractivity contribution in [2.45, 2.75) is 6.42 Å². The number of thiazole rings is 1. The molecule has 0 saturated carbocycles. The van der Waals surface area contributed by atoms with Crippen molar-refractivity contribution < 1.29 is 0 Å². The van der Waals surface area contributed by atoms with Crippen LogP contribution in [-0.4, -0.2) is 4.98 Å². The minimum Gasteiger partial charge on any atom is -0.399 e. The van der Waals surface area contributed by atoms with E-state index in [9.17, 15) is 0 Å². The quantitative estimate of drug-likeness (QED) is 0.745. The molecule has 0 bridgehead atoms. The van der Waals surface area contributed by atoms with E-state index in [0.717, 1.165) is 28.4 Å². The van der Waals surface area contributed by atoms with Crippen molar-refractivity contribution in [3.63, 3.8) is 0 Å². The normalized spacial score (nSPS) is 10.2. The van der Waals surface area contributed by atoms with E-state index in [1.54, 1.807) is 17.4 Å². The van der Waals surface area contributed by atoms with Gasteiger partial charge in [0.2, 0.25) is 0 Å². The summed E-state index contributed by atoms with van der Waals surface area (Å²) in [5, 5.41) is 12.0. The predicted molar refractivity (Wildman–Crippen MR) is 85.9 cm³/mol. The van der Waals surface area contributed by atoms with E-state index in [1.165, 1.54) is 5.56 Å². The lowest BCUT2D eigenvalue weighted by Gasteiger charge is -1.99. The van der Waals surface area contributed by atoms with Gasteiger partial charge in [0, 0.05) is 23.1 Å². The van der Waals surface area contributed by atoms with Gasteiger partial charge in [0.25, 0.3) is 0 Å². The number of rotatable bonds is 3. The number of benzene rings is 2. The molecule has 0 atom stereocenters. The molecule has 21 heavy (non-hydrogen) atoms. The summed E-state index contributed by atoms with van der Waals surface area (Å²) in [4.78, 5) is 4.65. The molecule has 3 aromatic rings. The van der Waals surface area contributed by atoms with Gasteiger partial charge in [0.05, 0.1) is 22.3 Å². The number of nitrogens with two attached hydrogens (primary N) is 1. The molecule has 2 N–H and O–H groups in total. The van der Waals surface area contributed by atoms with Crippen LogP contribution < -0.4 is 5.73 Å². The number of aromatic nitrogens is 1. The SMILES string of the molecule is N#Cc1cccc(-c2csc(Cc3ccc(N)cc3)n2)c1. The second-order valence-corrected chi connectivity index (χ2v) is 5.68. The topological polar surface area (TPSA) is 62.7 Å². The summed E-state index contributed by atoms with van der Waals surface area (Å²) in [6, 6.07) is 17.5. The van der Waals surface area contributed by atoms with Crippen molar-refractivity contribution >= 4 is 17.0 Å². The first-order valence-electron chi connectivity index (χ1n) is 6.54. The monoisotopic (exact) mass is 291 g/mol. The molecular weight excluding hydrogens is 278 g/mol. The molecule has 0 radical (unpaired) electrons. The second kappa shape index (κ2) is 5.78. The summed E-state index contributed by atoms with van der Waals surface area (Å²) in [6.45, 7) is 0. The number of nitriles is 1. The molecule has 0 fully saturated rings. The Labute approximate surface area is 127 Å². The maximum absolute atomic E-state index is 8.95. The summed E-state index contributed by atoms with van der Waals surface area (Å²) in [5.41, 5.74) is 10.2. The Hall–Kier alpha value is -2.64. The molecule has 0 aliphatic heterocycles. The van der Waals surface area contributed by atoms with Crippen molar-refractivity contribution in [3.05, 3.63) is 70.0 Å². The Morgan fingerprint density at radius 3 is 2.71 bits per heavy atom. The van der Waals surface area contributed by atoms with Gasteiger partial charge < -0.3 is 5.73 Å². The third-order valence-electron chi connectivity index (χ3n) is 3.17. The molecule has 1 aromatic heterocycles. The first kappa shape index (κ1) is 13.3. The molecule has 0 amide bonds. The number of nitrogen functional groups attached to an aromatic ring is 1. The van der Waals surface area contributed by atoms with E-state index in [4.69, 9.17) is 11.0 Å². The van der Waals surface area contributed by atoms with Crippen LogP contribution in [-0.2, 0) is 6.42 Å². The molecule has 0 aliphatic carbocycles. The Morgan fingerprint density at radius 1 is 1.14 bits per heavy atom. The maximum atomic E-state index is 8.95. The van der Waals surface area contributed by atoms with Crippen LogP contribution in [0.5, 0.6) is 0 Å². The van der Waals surface area contributed by atoms with Crippen molar-refractivity contribution in [3.8, 4) is 17.3 Å². The number of hydrogen-bond acceptors (Lipinski definition) is 4. The van der Waals surface area contributed by atoms with Gasteiger partial charge in [0.15, 0.2) is 0 Å². The molecule has 102 valence electrons. The van der Waals surface area contributed by atoms with Gasteiger partial charge in [-0.2, -0.15) is 5.26 Å². The van der Waals surface area contributed by atoms with Crippen LogP contribution in [0.15, 0.2) is 53.9 Å². The van der Waals surface area contributed by atoms with E-state index < -0.39 is 0 Å². The van der Waals surface area contributed by atoms with Crippen molar-refractivity contribution in [2.24, 2.45) is 0 Å². The van der Waals surface area contributed by atoms with Crippen molar-refractivity contribution in [1.29, 1.82) is 5.26 Å². The summed E-state index contributed by atoms with van der Waals surface area (Å²) < 4.78 is 0. The zero-order chi connectivity index (χ0) is 14.7. The number of hydrogen-bond donors (Lipinski definition) is 1. The highest BCUT2D eigenvalue weighted by molar-refractivity contribution is 7.10. The molecule has 1 heterocycles. The van der Waals surface area contributed by atoms with Crippen LogP contribution in [0.2, 0.25) is 0 Å². The fraction of sp³-hybridized carbons (Fsp3) is 0.0588. The van der Waals surface area contributed by atoms with E-state index in [-0.39, 0.29) is 0 Å². The summed E-state index contributed by atoms with van der Waals surface area (Å²) >= 11 is 1.63. The fourth-order valence-electron chi connectivity index (χ4n) is 2.08. The molecule has 0 spiro atoms. The summed E-state index contributed by atoms with van der Waals surface area (Å²) in [5.74, 6) is 0. The number of anilines is 1. The van der Waals surface area contributed by atoms with E-state index >= 15 is 0 Å². The highest BCUT2D eigenvalue weighted by Gasteiger charge is 2.06. The van der Waals surface area contributed by atoms with Crippen LogP contribution in [0.3, 0.4) is 0 Å². The Morgan fingerprint density at radius 2 is 1.95 bits per heavy atom. The summed E-state index contributed by atoms with van der Waals surface area (Å²) in [7, 11) is 0. The molecule has 4 heteroatoms. The van der Waals surface area contributed by atoms with Gasteiger partial charge >= 0.3 is 0 Å². The average molecular weight is 291 g/mol. The Bertz CT molecular complexity index is 797. The lowest BCUT2D eigenvalue weighted by molar-refractivity contribution is 1.14. The standard InChI is InChI=1S/C17H13N3S/c18-10-13-2-1-3-14(8-13)16-11-21-17(20-16)9-12-4-6-15(19)7-5-12/h1-8,11H,9,19H2. The van der Waals surface area contributed by atoms with Crippen LogP contribution in [0, 0.1) is 11.3 Å². The van der Waals surface area contributed by atoms with Gasteiger partial charge in [-0.15, -0.1) is 11.3 Å². The van der Waals surface area contributed by atoms with Crippen LogP contribution in [0.4, 0.5) is 5.69 Å². The minimum atomic E-state index is 0.653. The van der Waals surface area contributed by atoms with Gasteiger partial charge in [-0.3, -0.25) is 0 Å². The van der Waals surface area contributed by atoms with Crippen molar-refractivity contribution in [2.75, 3.05) is 5.73 Å². The maximum Gasteiger partial charge on any atom is 0.0991 e. The lowest BCUT2D eigenvalue weighted by atomic mass is 10.1. The first-order chi connectivity index (χ1) is 10.2. The first-order valence-corrected chi connectivity index (χ1v) is 7.42. The average Bonchev–Trinajstić information content (AvgIpc) is 2.98. The molecule has 0 saturated heterocycles. The highest BCUT2D eigenvalue weighted by atomic mass is 32.1. The minimum absolute atomic E-state index is 0.653. The molecule has 0 unspecified atom stereocenters. The van der Waals surface area contributed by atoms with Gasteiger partial charge in [0.1, 0.15) is 0 Å². The zero-order valence-corrected chi connectivity index (χ0v) is 12.1. The zero-order valence-electron chi connectivity index (χ0n) is 11.3. The number of nitrogens with zero attached hydrogens (tertiary/aromatic N) is 2. The second-order valence-electron chi connectivity index (χ2n) is 4.74. The third kappa shape index (κ3) is 3.10. The predicted octanol–water partition coefficient (Wildman–Crippen LogP) is 3.85. The van der Waals surface area contributed by atoms with Gasteiger partial charge in [-0.25, -0.2) is 4.98 Å². The van der Waals surface area contributed by atoms with Crippen LogP contribution in [0.25, 0.3) is 11.3 Å². The lowest BCUT2D eigenvalue weighted by Crippen LogP contribution is -1.89. The Balaban J connectivity index is 1.83. The van der Waals surface area contributed by atoms with Crippen LogP contribution >= 0.6 is 11.3 Å². The van der Waals surface area contributed by atoms with Gasteiger partial charge in [-0.1, -0.05) is 24.3 Å². The largest absolute Gasteiger partial charge is 0.399 e. The fourth-order valence-corrected chi connectivity index (χ4v) is 2.92. The van der Waals surface area contributed by atoms with Gasteiger partial charge in [-0.05, 0) is 29.8 Å². The van der Waals surface area contributed by atoms with E-state index in [2.05, 4.69) is 11.1 Å². The molecular formula is C17H13N3S.